The van der Waals surface area contributed by atoms with Crippen LogP contribution in [0.1, 0.15) is 48.4 Å². The Bertz CT molecular complexity index is 1010. The minimum absolute atomic E-state index is 0.0185. The molecule has 0 aliphatic carbocycles. The molecule has 2 aromatic carbocycles. The van der Waals surface area contributed by atoms with Gasteiger partial charge in [-0.05, 0) is 92.2 Å². The number of rotatable bonds is 5. The van der Waals surface area contributed by atoms with Crippen molar-refractivity contribution in [1.82, 2.24) is 10.3 Å². The van der Waals surface area contributed by atoms with Crippen molar-refractivity contribution < 1.29 is 4.79 Å². The molecule has 1 saturated heterocycles. The summed E-state index contributed by atoms with van der Waals surface area (Å²) in [5.74, 6) is 0.407. The fourth-order valence-electron chi connectivity index (χ4n) is 4.11. The van der Waals surface area contributed by atoms with Crippen LogP contribution in [0.25, 0.3) is 11.1 Å². The van der Waals surface area contributed by atoms with Crippen molar-refractivity contribution in [3.05, 3.63) is 83.7 Å². The van der Waals surface area contributed by atoms with Crippen LogP contribution in [0.3, 0.4) is 0 Å². The number of hydrogen-bond donors (Lipinski definition) is 2. The van der Waals surface area contributed by atoms with Gasteiger partial charge in [-0.2, -0.15) is 0 Å². The number of nitrogens with zero attached hydrogens (tertiary/aromatic N) is 1. The summed E-state index contributed by atoms with van der Waals surface area (Å²) in [6, 6.07) is 20.6. The smallest absolute Gasteiger partial charge is 0.231 e. The van der Waals surface area contributed by atoms with Gasteiger partial charge in [0.25, 0.3) is 0 Å². The van der Waals surface area contributed by atoms with Crippen LogP contribution >= 0.6 is 0 Å². The van der Waals surface area contributed by atoms with Gasteiger partial charge in [-0.3, -0.25) is 9.78 Å². The number of aromatic nitrogens is 1. The first-order chi connectivity index (χ1) is 14.6. The van der Waals surface area contributed by atoms with Gasteiger partial charge in [0.05, 0.1) is 5.92 Å². The maximum Gasteiger partial charge on any atom is 0.231 e. The number of amides is 1. The Morgan fingerprint density at radius 1 is 1.03 bits per heavy atom. The van der Waals surface area contributed by atoms with E-state index in [4.69, 9.17) is 0 Å². The maximum atomic E-state index is 12.9. The van der Waals surface area contributed by atoms with Crippen molar-refractivity contribution in [2.45, 2.75) is 38.5 Å². The molecule has 4 heteroatoms. The average Bonchev–Trinajstić information content (AvgIpc) is 2.80. The van der Waals surface area contributed by atoms with Crippen molar-refractivity contribution in [2.24, 2.45) is 0 Å². The van der Waals surface area contributed by atoms with Crippen molar-refractivity contribution in [3.8, 4) is 11.1 Å². The van der Waals surface area contributed by atoms with E-state index in [1.165, 1.54) is 5.56 Å². The number of nitrogens with one attached hydrogen (secondary N) is 2. The summed E-state index contributed by atoms with van der Waals surface area (Å²) in [4.78, 5) is 17.1. The van der Waals surface area contributed by atoms with Crippen LogP contribution in [0, 0.1) is 6.92 Å². The molecule has 1 amide bonds. The second-order valence-electron chi connectivity index (χ2n) is 8.17. The summed E-state index contributed by atoms with van der Waals surface area (Å²) in [6.45, 7) is 6.10. The summed E-state index contributed by atoms with van der Waals surface area (Å²) in [5.41, 5.74) is 6.48. The molecule has 1 aliphatic heterocycles. The van der Waals surface area contributed by atoms with Crippen LogP contribution in [-0.4, -0.2) is 24.0 Å². The average molecular weight is 400 g/mol. The SMILES string of the molecule is Cc1cc(-c2ccc(NC(=O)C(C)c3cccc(C4CCNCC4)c3)cc2)ccn1. The summed E-state index contributed by atoms with van der Waals surface area (Å²) in [6.07, 6.45) is 4.14. The number of aryl methyl sites for hydroxylation is 1. The predicted octanol–water partition coefficient (Wildman–Crippen LogP) is 5.27. The van der Waals surface area contributed by atoms with Gasteiger partial charge in [0.1, 0.15) is 0 Å². The fraction of sp³-hybridized carbons (Fsp3) is 0.308. The molecule has 0 saturated carbocycles. The lowest BCUT2D eigenvalue weighted by molar-refractivity contribution is -0.117. The standard InChI is InChI=1S/C26H29N3O/c1-18-16-24(12-15-28-18)20-6-8-25(9-7-20)29-26(30)19(2)22-4-3-5-23(17-22)21-10-13-27-14-11-21/h3-9,12,15-17,19,21,27H,10-11,13-14H2,1-2H3,(H,29,30). The summed E-state index contributed by atoms with van der Waals surface area (Å²) in [5, 5.41) is 6.49. The number of piperidine rings is 1. The van der Waals surface area contributed by atoms with Crippen molar-refractivity contribution in [2.75, 3.05) is 18.4 Å². The molecule has 0 bridgehead atoms. The highest BCUT2D eigenvalue weighted by Gasteiger charge is 2.19. The van der Waals surface area contributed by atoms with Gasteiger partial charge >= 0.3 is 0 Å². The Hall–Kier alpha value is -2.98. The number of carbonyl (C=O) groups excluding carboxylic acids is 1. The Morgan fingerprint density at radius 3 is 2.53 bits per heavy atom. The molecule has 0 radical (unpaired) electrons. The topological polar surface area (TPSA) is 54.0 Å². The zero-order valence-corrected chi connectivity index (χ0v) is 17.7. The fourth-order valence-corrected chi connectivity index (χ4v) is 4.11. The Kier molecular flexibility index (Phi) is 6.24. The molecule has 1 atom stereocenters. The second-order valence-corrected chi connectivity index (χ2v) is 8.17. The van der Waals surface area contributed by atoms with Gasteiger partial charge in [0.2, 0.25) is 5.91 Å². The number of benzene rings is 2. The van der Waals surface area contributed by atoms with E-state index in [0.717, 1.165) is 54.0 Å². The van der Waals surface area contributed by atoms with E-state index in [0.29, 0.717) is 5.92 Å². The van der Waals surface area contributed by atoms with E-state index >= 15 is 0 Å². The van der Waals surface area contributed by atoms with E-state index in [9.17, 15) is 4.79 Å². The first-order valence-electron chi connectivity index (χ1n) is 10.7. The van der Waals surface area contributed by atoms with E-state index in [1.54, 1.807) is 0 Å². The first-order valence-corrected chi connectivity index (χ1v) is 10.7. The van der Waals surface area contributed by atoms with Gasteiger partial charge in [-0.15, -0.1) is 0 Å². The molecule has 154 valence electrons. The molecule has 1 aromatic heterocycles. The monoisotopic (exact) mass is 399 g/mol. The van der Waals surface area contributed by atoms with E-state index in [1.807, 2.05) is 50.4 Å². The van der Waals surface area contributed by atoms with Gasteiger partial charge in [-0.25, -0.2) is 0 Å². The highest BCUT2D eigenvalue weighted by Crippen LogP contribution is 2.28. The quantitative estimate of drug-likeness (QED) is 0.615. The number of anilines is 1. The maximum absolute atomic E-state index is 12.9. The largest absolute Gasteiger partial charge is 0.326 e. The molecule has 0 spiro atoms. The molecule has 2 heterocycles. The lowest BCUT2D eigenvalue weighted by atomic mass is 9.87. The third-order valence-electron chi connectivity index (χ3n) is 6.00. The van der Waals surface area contributed by atoms with Gasteiger partial charge < -0.3 is 10.6 Å². The van der Waals surface area contributed by atoms with Crippen molar-refractivity contribution >= 4 is 11.6 Å². The summed E-state index contributed by atoms with van der Waals surface area (Å²) in [7, 11) is 0. The molecule has 1 unspecified atom stereocenters. The molecular formula is C26H29N3O. The van der Waals surface area contributed by atoms with Gasteiger partial charge in [0, 0.05) is 17.6 Å². The third-order valence-corrected chi connectivity index (χ3v) is 6.00. The highest BCUT2D eigenvalue weighted by atomic mass is 16.1. The van der Waals surface area contributed by atoms with E-state index in [2.05, 4.69) is 45.9 Å². The Labute approximate surface area is 178 Å². The summed E-state index contributed by atoms with van der Waals surface area (Å²) >= 11 is 0. The normalized spacial score (nSPS) is 15.5. The first kappa shape index (κ1) is 20.3. The molecule has 1 aliphatic rings. The number of carbonyl (C=O) groups is 1. The third kappa shape index (κ3) is 4.77. The minimum Gasteiger partial charge on any atom is -0.326 e. The predicted molar refractivity (Wildman–Crippen MR) is 123 cm³/mol. The van der Waals surface area contributed by atoms with E-state index < -0.39 is 0 Å². The zero-order valence-electron chi connectivity index (χ0n) is 17.7. The molecule has 2 N–H and O–H groups in total. The van der Waals surface area contributed by atoms with Gasteiger partial charge in [-0.1, -0.05) is 36.4 Å². The van der Waals surface area contributed by atoms with Crippen LogP contribution in [0.2, 0.25) is 0 Å². The Balaban J connectivity index is 1.43. The van der Waals surface area contributed by atoms with Crippen LogP contribution in [-0.2, 0) is 4.79 Å². The molecule has 30 heavy (non-hydrogen) atoms. The molecule has 4 nitrogen and oxygen atoms in total. The van der Waals surface area contributed by atoms with Crippen LogP contribution in [0.15, 0.2) is 66.9 Å². The van der Waals surface area contributed by atoms with Crippen molar-refractivity contribution in [3.63, 3.8) is 0 Å². The van der Waals surface area contributed by atoms with Crippen LogP contribution in [0.4, 0.5) is 5.69 Å². The zero-order chi connectivity index (χ0) is 20.9. The number of pyridine rings is 1. The minimum atomic E-state index is -0.200. The van der Waals surface area contributed by atoms with Crippen LogP contribution in [0.5, 0.6) is 0 Å². The Morgan fingerprint density at radius 2 is 1.80 bits per heavy atom. The molecule has 4 rings (SSSR count). The highest BCUT2D eigenvalue weighted by molar-refractivity contribution is 5.95. The lowest BCUT2D eigenvalue weighted by Gasteiger charge is -2.24. The van der Waals surface area contributed by atoms with Gasteiger partial charge in [0.15, 0.2) is 0 Å². The summed E-state index contributed by atoms with van der Waals surface area (Å²) < 4.78 is 0. The van der Waals surface area contributed by atoms with Crippen LogP contribution < -0.4 is 10.6 Å². The van der Waals surface area contributed by atoms with Crippen molar-refractivity contribution in [1.29, 1.82) is 0 Å². The van der Waals surface area contributed by atoms with E-state index in [-0.39, 0.29) is 11.8 Å². The molecule has 1 fully saturated rings. The molecule has 3 aromatic rings. The number of hydrogen-bond acceptors (Lipinski definition) is 3. The molecular weight excluding hydrogens is 370 g/mol. The lowest BCUT2D eigenvalue weighted by Crippen LogP contribution is -2.26. The second kappa shape index (κ2) is 9.23.